The number of rotatable bonds is 3. The van der Waals surface area contributed by atoms with Gasteiger partial charge in [-0.2, -0.15) is 17.6 Å². The minimum Gasteiger partial charge on any atom is -0.353 e. The third-order valence-corrected chi connectivity index (χ3v) is 4.08. The third-order valence-electron chi connectivity index (χ3n) is 4.08. The maximum Gasteiger partial charge on any atom is 0.471 e. The van der Waals surface area contributed by atoms with Gasteiger partial charge in [0, 0.05) is 18.0 Å². The van der Waals surface area contributed by atoms with Crippen LogP contribution in [0.1, 0.15) is 0 Å². The van der Waals surface area contributed by atoms with E-state index in [9.17, 15) is 22.4 Å². The number of aromatic nitrogens is 4. The Morgan fingerprint density at radius 1 is 1.03 bits per heavy atom. The zero-order valence-electron chi connectivity index (χ0n) is 14.5. The fourth-order valence-electron chi connectivity index (χ4n) is 2.86. The van der Waals surface area contributed by atoms with E-state index in [-0.39, 0.29) is 5.82 Å². The number of pyridine rings is 3. The first-order valence-electron chi connectivity index (χ1n) is 8.27. The van der Waals surface area contributed by atoms with Crippen LogP contribution < -0.4 is 5.32 Å². The number of H-pyrrole nitrogens is 1. The highest BCUT2D eigenvalue weighted by Crippen LogP contribution is 2.37. The van der Waals surface area contributed by atoms with Crippen molar-refractivity contribution in [3.8, 4) is 22.5 Å². The van der Waals surface area contributed by atoms with E-state index in [4.69, 9.17) is 0 Å². The van der Waals surface area contributed by atoms with E-state index >= 15 is 0 Å². The first-order valence-corrected chi connectivity index (χ1v) is 8.27. The maximum absolute atomic E-state index is 13.8. The number of nitrogens with zero attached hydrogens (tertiary/aromatic N) is 3. The number of hydrogen-bond donors (Lipinski definition) is 2. The number of nitrogens with one attached hydrogen (secondary N) is 2. The number of aromatic amines is 1. The quantitative estimate of drug-likeness (QED) is 0.396. The average Bonchev–Trinajstić information content (AvgIpc) is 3.07. The Kier molecular flexibility index (Phi) is 4.45. The molecule has 6 nitrogen and oxygen atoms in total. The molecule has 0 unspecified atom stereocenters. The fourth-order valence-corrected chi connectivity index (χ4v) is 2.86. The van der Waals surface area contributed by atoms with Crippen molar-refractivity contribution >= 4 is 22.8 Å². The molecule has 0 saturated carbocycles. The predicted octanol–water partition coefficient (Wildman–Crippen LogP) is 4.33. The van der Waals surface area contributed by atoms with Gasteiger partial charge in [0.05, 0.1) is 22.5 Å². The summed E-state index contributed by atoms with van der Waals surface area (Å²) >= 11 is 0. The Balaban J connectivity index is 1.87. The van der Waals surface area contributed by atoms with E-state index in [1.165, 1.54) is 30.5 Å². The standard InChI is InChI=1S/C19H11F4N5O/c20-13-5-4-12-17(27-13)15(11-3-1-2-7-24-11)16(26-12)10-6-8-25-14(9-10)28-18(29)19(21,22)23/h1-9,26H,(H,25,28,29). The van der Waals surface area contributed by atoms with E-state index in [1.54, 1.807) is 29.7 Å². The summed E-state index contributed by atoms with van der Waals surface area (Å²) < 4.78 is 51.3. The number of amides is 1. The minimum absolute atomic E-state index is 0.283. The van der Waals surface area contributed by atoms with Crippen LogP contribution in [0.25, 0.3) is 33.5 Å². The van der Waals surface area contributed by atoms with Crippen molar-refractivity contribution in [1.82, 2.24) is 19.9 Å². The highest BCUT2D eigenvalue weighted by molar-refractivity contribution is 6.01. The van der Waals surface area contributed by atoms with Gasteiger partial charge in [-0.25, -0.2) is 9.97 Å². The monoisotopic (exact) mass is 401 g/mol. The molecule has 29 heavy (non-hydrogen) atoms. The summed E-state index contributed by atoms with van der Waals surface area (Å²) in [6, 6.07) is 10.7. The normalized spacial score (nSPS) is 11.6. The number of carbonyl (C=O) groups is 1. The second-order valence-electron chi connectivity index (χ2n) is 6.00. The van der Waals surface area contributed by atoms with Crippen LogP contribution in [-0.4, -0.2) is 32.0 Å². The van der Waals surface area contributed by atoms with Gasteiger partial charge in [0.15, 0.2) is 0 Å². The van der Waals surface area contributed by atoms with E-state index in [2.05, 4.69) is 19.9 Å². The average molecular weight is 401 g/mol. The molecule has 0 aromatic carbocycles. The van der Waals surface area contributed by atoms with Gasteiger partial charge in [0.1, 0.15) is 11.3 Å². The molecule has 4 rings (SSSR count). The summed E-state index contributed by atoms with van der Waals surface area (Å²) in [6.07, 6.45) is -2.23. The molecule has 4 heterocycles. The summed E-state index contributed by atoms with van der Waals surface area (Å²) in [5.41, 5.74) is 2.65. The Hall–Kier alpha value is -3.82. The van der Waals surface area contributed by atoms with Gasteiger partial charge in [-0.15, -0.1) is 0 Å². The van der Waals surface area contributed by atoms with Crippen LogP contribution >= 0.6 is 0 Å². The zero-order valence-corrected chi connectivity index (χ0v) is 14.5. The Morgan fingerprint density at radius 3 is 2.59 bits per heavy atom. The Labute approximate surface area is 160 Å². The lowest BCUT2D eigenvalue weighted by Gasteiger charge is -2.09. The van der Waals surface area contributed by atoms with E-state index < -0.39 is 18.0 Å². The van der Waals surface area contributed by atoms with E-state index in [1.807, 2.05) is 0 Å². The van der Waals surface area contributed by atoms with Gasteiger partial charge < -0.3 is 10.3 Å². The number of carbonyl (C=O) groups excluding carboxylic acids is 1. The van der Waals surface area contributed by atoms with Crippen LogP contribution in [0.5, 0.6) is 0 Å². The second-order valence-corrected chi connectivity index (χ2v) is 6.00. The highest BCUT2D eigenvalue weighted by Gasteiger charge is 2.39. The molecular weight excluding hydrogens is 390 g/mol. The summed E-state index contributed by atoms with van der Waals surface area (Å²) in [4.78, 5) is 26.2. The molecule has 10 heteroatoms. The zero-order chi connectivity index (χ0) is 20.6. The van der Waals surface area contributed by atoms with E-state index in [0.717, 1.165) is 0 Å². The van der Waals surface area contributed by atoms with Gasteiger partial charge in [-0.3, -0.25) is 9.78 Å². The number of halogens is 4. The SMILES string of the molecule is O=C(Nc1cc(-c2[nH]c3ccc(F)nc3c2-c2ccccn2)ccn1)C(F)(F)F. The number of anilines is 1. The Bertz CT molecular complexity index is 1200. The molecule has 0 aliphatic rings. The van der Waals surface area contributed by atoms with Gasteiger partial charge in [-0.1, -0.05) is 6.07 Å². The molecule has 0 saturated heterocycles. The van der Waals surface area contributed by atoms with Gasteiger partial charge in [-0.05, 0) is 36.4 Å². The van der Waals surface area contributed by atoms with Crippen LogP contribution in [-0.2, 0) is 4.79 Å². The maximum atomic E-state index is 13.8. The van der Waals surface area contributed by atoms with Crippen LogP contribution in [0.2, 0.25) is 0 Å². The fraction of sp³-hybridized carbons (Fsp3) is 0.0526. The Morgan fingerprint density at radius 2 is 1.86 bits per heavy atom. The molecule has 1 amide bonds. The topological polar surface area (TPSA) is 83.6 Å². The van der Waals surface area contributed by atoms with Crippen LogP contribution in [0, 0.1) is 5.95 Å². The lowest BCUT2D eigenvalue weighted by atomic mass is 10.0. The largest absolute Gasteiger partial charge is 0.471 e. The molecule has 0 fully saturated rings. The molecule has 0 bridgehead atoms. The molecule has 0 spiro atoms. The molecule has 146 valence electrons. The van der Waals surface area contributed by atoms with Gasteiger partial charge >= 0.3 is 12.1 Å². The highest BCUT2D eigenvalue weighted by atomic mass is 19.4. The molecule has 0 aliphatic heterocycles. The van der Waals surface area contributed by atoms with Crippen molar-refractivity contribution < 1.29 is 22.4 Å². The number of alkyl halides is 3. The lowest BCUT2D eigenvalue weighted by Crippen LogP contribution is -2.30. The van der Waals surface area contributed by atoms with Crippen molar-refractivity contribution in [1.29, 1.82) is 0 Å². The molecule has 4 aromatic rings. The smallest absolute Gasteiger partial charge is 0.353 e. The third kappa shape index (κ3) is 3.64. The van der Waals surface area contributed by atoms with Crippen molar-refractivity contribution in [2.45, 2.75) is 6.18 Å². The van der Waals surface area contributed by atoms with Gasteiger partial charge in [0.2, 0.25) is 5.95 Å². The van der Waals surface area contributed by atoms with Crippen molar-refractivity contribution in [2.75, 3.05) is 5.32 Å². The first kappa shape index (κ1) is 18.5. The van der Waals surface area contributed by atoms with Crippen molar-refractivity contribution in [3.63, 3.8) is 0 Å². The molecule has 0 radical (unpaired) electrons. The van der Waals surface area contributed by atoms with Crippen LogP contribution in [0.3, 0.4) is 0 Å². The van der Waals surface area contributed by atoms with Crippen LogP contribution in [0.4, 0.5) is 23.4 Å². The lowest BCUT2D eigenvalue weighted by molar-refractivity contribution is -0.167. The van der Waals surface area contributed by atoms with Crippen molar-refractivity contribution in [2.24, 2.45) is 0 Å². The number of fused-ring (bicyclic) bond motifs is 1. The molecule has 4 aromatic heterocycles. The van der Waals surface area contributed by atoms with Crippen LogP contribution in [0.15, 0.2) is 54.9 Å². The summed E-state index contributed by atoms with van der Waals surface area (Å²) in [5, 5.41) is 1.71. The van der Waals surface area contributed by atoms with E-state index in [0.29, 0.717) is 33.5 Å². The minimum atomic E-state index is -5.04. The summed E-state index contributed by atoms with van der Waals surface area (Å²) in [5.74, 6) is -3.10. The predicted molar refractivity (Wildman–Crippen MR) is 97.2 cm³/mol. The van der Waals surface area contributed by atoms with Crippen molar-refractivity contribution in [3.05, 3.63) is 60.8 Å². The molecular formula is C19H11F4N5O. The molecule has 0 atom stereocenters. The summed E-state index contributed by atoms with van der Waals surface area (Å²) in [6.45, 7) is 0. The molecule has 2 N–H and O–H groups in total. The molecule has 0 aliphatic carbocycles. The summed E-state index contributed by atoms with van der Waals surface area (Å²) in [7, 11) is 0. The van der Waals surface area contributed by atoms with Gasteiger partial charge in [0.25, 0.3) is 0 Å². The number of hydrogen-bond acceptors (Lipinski definition) is 4. The first-order chi connectivity index (χ1) is 13.8. The second kappa shape index (κ2) is 6.97.